The molecule has 0 bridgehead atoms. The first-order chi connectivity index (χ1) is 15.9. The van der Waals surface area contributed by atoms with Crippen molar-refractivity contribution in [3.63, 3.8) is 0 Å². The monoisotopic (exact) mass is 481 g/mol. The Morgan fingerprint density at radius 2 is 0.719 bits per heavy atom. The molecule has 0 aliphatic heterocycles. The highest BCUT2D eigenvalue weighted by atomic mass is 33.1. The molecule has 0 aliphatic rings. The van der Waals surface area contributed by atoms with E-state index in [1.165, 1.54) is 140 Å². The second kappa shape index (κ2) is 30.9. The number of hydrogen-bond acceptors (Lipinski definition) is 3. The van der Waals surface area contributed by atoms with Crippen LogP contribution in [0.5, 0.6) is 0 Å². The zero-order chi connectivity index (χ0) is 23.2. The van der Waals surface area contributed by atoms with Crippen LogP contribution in [0.3, 0.4) is 0 Å². The molecule has 32 heavy (non-hydrogen) atoms. The molecule has 0 radical (unpaired) electrons. The van der Waals surface area contributed by atoms with Gasteiger partial charge >= 0.3 is 0 Å². The first kappa shape index (κ1) is 31.9. The van der Waals surface area contributed by atoms with E-state index in [0.717, 1.165) is 0 Å². The Hall–Kier alpha value is -0.150. The molecule has 1 aromatic heterocycles. The lowest BCUT2D eigenvalue weighted by Crippen LogP contribution is -1.84. The molecule has 0 spiro atoms. The van der Waals surface area contributed by atoms with Crippen molar-refractivity contribution in [2.75, 3.05) is 11.5 Å². The van der Waals surface area contributed by atoms with Crippen molar-refractivity contribution < 1.29 is 0 Å². The van der Waals surface area contributed by atoms with Crippen LogP contribution in [-0.4, -0.2) is 16.5 Å². The Morgan fingerprint density at radius 3 is 0.969 bits per heavy atom. The predicted molar refractivity (Wildman–Crippen MR) is 153 cm³/mol. The minimum absolute atomic E-state index is 1.37. The Balaban J connectivity index is 0.00000136. The first-order valence-corrected chi connectivity index (χ1v) is 16.5. The van der Waals surface area contributed by atoms with Gasteiger partial charge in [0.2, 0.25) is 0 Å². The summed E-state index contributed by atoms with van der Waals surface area (Å²) < 4.78 is 0. The summed E-state index contributed by atoms with van der Waals surface area (Å²) in [6.07, 6.45) is 32.6. The minimum Gasteiger partial charge on any atom is -0.265 e. The highest BCUT2D eigenvalue weighted by molar-refractivity contribution is 8.76. The number of hydrogen-bond donors (Lipinski definition) is 0. The van der Waals surface area contributed by atoms with E-state index < -0.39 is 0 Å². The quantitative estimate of drug-likeness (QED) is 0.114. The lowest BCUT2D eigenvalue weighted by atomic mass is 10.1. The summed E-state index contributed by atoms with van der Waals surface area (Å²) >= 11 is 0. The fourth-order valence-corrected chi connectivity index (χ4v) is 6.02. The number of aromatic nitrogens is 1. The number of rotatable bonds is 23. The third kappa shape index (κ3) is 29.9. The van der Waals surface area contributed by atoms with Crippen molar-refractivity contribution in [1.82, 2.24) is 4.98 Å². The predicted octanol–water partition coefficient (Wildman–Crippen LogP) is 11.3. The van der Waals surface area contributed by atoms with Crippen molar-refractivity contribution in [1.29, 1.82) is 0 Å². The molecule has 0 fully saturated rings. The second-order valence-corrected chi connectivity index (χ2v) is 11.7. The molecule has 0 atom stereocenters. The molecule has 1 rings (SSSR count). The standard InChI is InChI=1S/C24H50S2.C5H5N/c1-3-5-7-9-11-13-15-17-19-21-23-25-26-24-22-20-18-16-14-12-10-8-6-4-2;1-2-4-6-5-3-1/h3-24H2,1-2H3;1-5H. The molecule has 0 amide bonds. The highest BCUT2D eigenvalue weighted by Crippen LogP contribution is 2.25. The maximum absolute atomic E-state index is 3.78. The fourth-order valence-electron chi connectivity index (χ4n) is 3.73. The average Bonchev–Trinajstić information content (AvgIpc) is 2.84. The van der Waals surface area contributed by atoms with Gasteiger partial charge in [0.15, 0.2) is 0 Å². The molecular formula is C29H55NS2. The highest BCUT2D eigenvalue weighted by Gasteiger charge is 1.96. The van der Waals surface area contributed by atoms with Crippen molar-refractivity contribution in [3.8, 4) is 0 Å². The summed E-state index contributed by atoms with van der Waals surface area (Å²) in [5.74, 6) is 2.75. The zero-order valence-electron chi connectivity index (χ0n) is 21.7. The Labute approximate surface area is 210 Å². The van der Waals surface area contributed by atoms with Gasteiger partial charge in [-0.2, -0.15) is 0 Å². The van der Waals surface area contributed by atoms with Gasteiger partial charge < -0.3 is 0 Å². The van der Waals surface area contributed by atoms with E-state index in [2.05, 4.69) is 40.4 Å². The maximum Gasteiger partial charge on any atom is 0.0267 e. The summed E-state index contributed by atoms with van der Waals surface area (Å²) in [6.45, 7) is 4.60. The van der Waals surface area contributed by atoms with Crippen molar-refractivity contribution in [3.05, 3.63) is 30.6 Å². The van der Waals surface area contributed by atoms with Gasteiger partial charge in [-0.3, -0.25) is 4.98 Å². The molecule has 3 heteroatoms. The van der Waals surface area contributed by atoms with Crippen LogP contribution in [-0.2, 0) is 0 Å². The summed E-state index contributed by atoms with van der Waals surface area (Å²) in [4.78, 5) is 3.78. The van der Waals surface area contributed by atoms with Gasteiger partial charge in [0.25, 0.3) is 0 Å². The molecule has 188 valence electrons. The maximum atomic E-state index is 3.78. The summed E-state index contributed by atoms with van der Waals surface area (Å²) in [7, 11) is 4.25. The largest absolute Gasteiger partial charge is 0.265 e. The number of pyridine rings is 1. The molecule has 0 aliphatic carbocycles. The van der Waals surface area contributed by atoms with Crippen LogP contribution in [0.1, 0.15) is 142 Å². The third-order valence-electron chi connectivity index (χ3n) is 5.81. The van der Waals surface area contributed by atoms with E-state index >= 15 is 0 Å². The SMILES string of the molecule is CCCCCCCCCCCCSSCCCCCCCCCCCC.c1ccncc1. The van der Waals surface area contributed by atoms with Crippen molar-refractivity contribution in [2.45, 2.75) is 142 Å². The van der Waals surface area contributed by atoms with E-state index in [-0.39, 0.29) is 0 Å². The van der Waals surface area contributed by atoms with Crippen LogP contribution in [0, 0.1) is 0 Å². The van der Waals surface area contributed by atoms with Crippen LogP contribution in [0.25, 0.3) is 0 Å². The van der Waals surface area contributed by atoms with Gasteiger partial charge in [0.05, 0.1) is 0 Å². The Bertz CT molecular complexity index is 362. The molecule has 1 aromatic rings. The van der Waals surface area contributed by atoms with Crippen LogP contribution >= 0.6 is 21.6 Å². The van der Waals surface area contributed by atoms with Crippen LogP contribution < -0.4 is 0 Å². The van der Waals surface area contributed by atoms with E-state index in [1.807, 2.05) is 18.2 Å². The van der Waals surface area contributed by atoms with Gasteiger partial charge in [-0.1, -0.05) is 157 Å². The summed E-state index contributed by atoms with van der Waals surface area (Å²) in [5.41, 5.74) is 0. The van der Waals surface area contributed by atoms with Crippen molar-refractivity contribution in [2.24, 2.45) is 0 Å². The van der Waals surface area contributed by atoms with E-state index in [1.54, 1.807) is 12.4 Å². The molecule has 0 saturated carbocycles. The van der Waals surface area contributed by atoms with Crippen LogP contribution in [0.2, 0.25) is 0 Å². The van der Waals surface area contributed by atoms with Gasteiger partial charge in [0.1, 0.15) is 0 Å². The minimum atomic E-state index is 1.37. The van der Waals surface area contributed by atoms with E-state index in [0.29, 0.717) is 0 Å². The summed E-state index contributed by atoms with van der Waals surface area (Å²) in [5, 5.41) is 0. The molecule has 1 nitrogen and oxygen atoms in total. The van der Waals surface area contributed by atoms with Gasteiger partial charge in [-0.25, -0.2) is 0 Å². The average molecular weight is 482 g/mol. The first-order valence-electron chi connectivity index (χ1n) is 14.0. The number of unbranched alkanes of at least 4 members (excludes halogenated alkanes) is 18. The van der Waals surface area contributed by atoms with Gasteiger partial charge in [-0.05, 0) is 25.0 Å². The molecule has 0 aromatic carbocycles. The normalized spacial score (nSPS) is 10.7. The molecule has 1 heterocycles. The molecule has 0 saturated heterocycles. The Morgan fingerprint density at radius 1 is 0.406 bits per heavy atom. The smallest absolute Gasteiger partial charge is 0.0267 e. The van der Waals surface area contributed by atoms with Gasteiger partial charge in [-0.15, -0.1) is 0 Å². The van der Waals surface area contributed by atoms with Crippen LogP contribution in [0.15, 0.2) is 30.6 Å². The topological polar surface area (TPSA) is 12.9 Å². The summed E-state index contributed by atoms with van der Waals surface area (Å²) in [6, 6.07) is 5.72. The molecular weight excluding hydrogens is 426 g/mol. The van der Waals surface area contributed by atoms with Crippen LogP contribution in [0.4, 0.5) is 0 Å². The lowest BCUT2D eigenvalue weighted by molar-refractivity contribution is 0.563. The molecule has 0 unspecified atom stereocenters. The Kier molecular flexibility index (Phi) is 30.7. The lowest BCUT2D eigenvalue weighted by Gasteiger charge is -2.04. The second-order valence-electron chi connectivity index (χ2n) is 9.03. The zero-order valence-corrected chi connectivity index (χ0v) is 23.3. The van der Waals surface area contributed by atoms with Crippen molar-refractivity contribution >= 4 is 21.6 Å². The molecule has 0 N–H and O–H groups in total. The third-order valence-corrected chi connectivity index (χ3v) is 8.39. The fraction of sp³-hybridized carbons (Fsp3) is 0.828. The van der Waals surface area contributed by atoms with E-state index in [4.69, 9.17) is 0 Å². The van der Waals surface area contributed by atoms with Gasteiger partial charge in [0, 0.05) is 23.9 Å². The number of nitrogens with zero attached hydrogens (tertiary/aromatic N) is 1. The van der Waals surface area contributed by atoms with E-state index in [9.17, 15) is 0 Å².